The Hall–Kier alpha value is -1.09. The zero-order valence-corrected chi connectivity index (χ0v) is 12.2. The highest BCUT2D eigenvalue weighted by Gasteiger charge is 2.20. The molecule has 4 heteroatoms. The number of hydrogen-bond donors (Lipinski definition) is 0. The van der Waals surface area contributed by atoms with Gasteiger partial charge in [0.15, 0.2) is 5.65 Å². The van der Waals surface area contributed by atoms with E-state index < -0.39 is 0 Å². The maximum atomic E-state index is 6.27. The minimum atomic E-state index is -0.0971. The van der Waals surface area contributed by atoms with Crippen LogP contribution in [0.4, 0.5) is 0 Å². The molecule has 3 nitrogen and oxygen atoms in total. The van der Waals surface area contributed by atoms with Crippen LogP contribution in [0.1, 0.15) is 56.4 Å². The van der Waals surface area contributed by atoms with Crippen molar-refractivity contribution in [1.29, 1.82) is 0 Å². The zero-order valence-electron chi connectivity index (χ0n) is 11.4. The van der Waals surface area contributed by atoms with E-state index in [9.17, 15) is 0 Å². The van der Waals surface area contributed by atoms with Crippen LogP contribution in [0.2, 0.25) is 0 Å². The number of pyridine rings is 1. The molecule has 1 unspecified atom stereocenters. The topological polar surface area (TPSA) is 30.7 Å². The number of aromatic nitrogens is 3. The van der Waals surface area contributed by atoms with E-state index >= 15 is 0 Å². The lowest BCUT2D eigenvalue weighted by molar-refractivity contribution is 0.464. The fraction of sp³-hybridized carbons (Fsp3) is 0.571. The lowest BCUT2D eigenvalue weighted by Gasteiger charge is -2.19. The van der Waals surface area contributed by atoms with Crippen molar-refractivity contribution < 1.29 is 0 Å². The lowest BCUT2D eigenvalue weighted by Crippen LogP contribution is -2.12. The van der Waals surface area contributed by atoms with Crippen molar-refractivity contribution >= 4 is 22.8 Å². The van der Waals surface area contributed by atoms with Gasteiger partial charge in [-0.15, -0.1) is 11.6 Å². The van der Waals surface area contributed by atoms with Crippen molar-refractivity contribution in [2.24, 2.45) is 0 Å². The van der Waals surface area contributed by atoms with Gasteiger partial charge in [0.2, 0.25) is 0 Å². The van der Waals surface area contributed by atoms with Crippen LogP contribution in [0.5, 0.6) is 0 Å². The Morgan fingerprint density at radius 1 is 1.33 bits per heavy atom. The lowest BCUT2D eigenvalue weighted by atomic mass is 10.1. The summed E-state index contributed by atoms with van der Waals surface area (Å²) in [6.45, 7) is 8.38. The molecule has 0 N–H and O–H groups in total. The summed E-state index contributed by atoms with van der Waals surface area (Å²) in [6, 6.07) is 2.49. The second-order valence-electron chi connectivity index (χ2n) is 4.78. The third kappa shape index (κ3) is 2.24. The first kappa shape index (κ1) is 13.3. The summed E-state index contributed by atoms with van der Waals surface area (Å²) in [7, 11) is 0. The Morgan fingerprint density at radius 3 is 2.56 bits per heavy atom. The van der Waals surface area contributed by atoms with Gasteiger partial charge in [0, 0.05) is 12.2 Å². The molecule has 1 atom stereocenters. The molecule has 2 rings (SSSR count). The van der Waals surface area contributed by atoms with Crippen LogP contribution in [-0.4, -0.2) is 14.5 Å². The van der Waals surface area contributed by atoms with Crippen LogP contribution in [0.3, 0.4) is 0 Å². The number of fused-ring (bicyclic) bond motifs is 1. The largest absolute Gasteiger partial charge is 0.308 e. The molecule has 2 aromatic rings. The predicted octanol–water partition coefficient (Wildman–Crippen LogP) is 4.40. The number of hydrogen-bond acceptors (Lipinski definition) is 2. The van der Waals surface area contributed by atoms with Gasteiger partial charge in [-0.25, -0.2) is 9.97 Å². The van der Waals surface area contributed by atoms with E-state index in [0.29, 0.717) is 6.04 Å². The summed E-state index contributed by atoms with van der Waals surface area (Å²) in [5.74, 6) is 0.929. The molecule has 0 saturated carbocycles. The summed E-state index contributed by atoms with van der Waals surface area (Å²) in [5.41, 5.74) is 3.03. The molecule has 2 heterocycles. The highest BCUT2D eigenvalue weighted by Crippen LogP contribution is 2.29. The Bertz CT molecular complexity index is 541. The molecule has 0 fully saturated rings. The molecule has 0 aliphatic rings. The fourth-order valence-electron chi connectivity index (χ4n) is 2.39. The van der Waals surface area contributed by atoms with Gasteiger partial charge in [-0.1, -0.05) is 13.8 Å². The fourth-order valence-corrected chi connectivity index (χ4v) is 2.55. The summed E-state index contributed by atoms with van der Waals surface area (Å²) in [6.07, 6.45) is 4.02. The summed E-state index contributed by atoms with van der Waals surface area (Å²) in [4.78, 5) is 9.20. The van der Waals surface area contributed by atoms with Gasteiger partial charge in [0.25, 0.3) is 0 Å². The monoisotopic (exact) mass is 265 g/mol. The maximum absolute atomic E-state index is 6.27. The number of nitrogens with zero attached hydrogens (tertiary/aromatic N) is 3. The van der Waals surface area contributed by atoms with Crippen molar-refractivity contribution in [1.82, 2.24) is 14.5 Å². The average Bonchev–Trinajstić information content (AvgIpc) is 2.70. The van der Waals surface area contributed by atoms with Crippen molar-refractivity contribution in [3.63, 3.8) is 0 Å². The smallest absolute Gasteiger partial charge is 0.160 e. The van der Waals surface area contributed by atoms with Gasteiger partial charge in [-0.2, -0.15) is 0 Å². The first-order valence-corrected chi connectivity index (χ1v) is 7.00. The Kier molecular flexibility index (Phi) is 3.91. The SMILES string of the molecule is CCC(CC)n1c(C(C)Cl)nc2cc(C)cnc21. The van der Waals surface area contributed by atoms with Gasteiger partial charge in [-0.3, -0.25) is 0 Å². The quantitative estimate of drug-likeness (QED) is 0.767. The van der Waals surface area contributed by atoms with Crippen molar-refractivity contribution in [3.8, 4) is 0 Å². The molecule has 18 heavy (non-hydrogen) atoms. The van der Waals surface area contributed by atoms with Crippen LogP contribution in [0.25, 0.3) is 11.2 Å². The van der Waals surface area contributed by atoms with Crippen LogP contribution in [0.15, 0.2) is 12.3 Å². The molecule has 0 amide bonds. The van der Waals surface area contributed by atoms with Gasteiger partial charge in [-0.05, 0) is 38.3 Å². The molecule has 98 valence electrons. The van der Waals surface area contributed by atoms with Gasteiger partial charge >= 0.3 is 0 Å². The first-order valence-electron chi connectivity index (χ1n) is 6.57. The van der Waals surface area contributed by atoms with Crippen LogP contribution >= 0.6 is 11.6 Å². The van der Waals surface area contributed by atoms with E-state index in [1.807, 2.05) is 20.0 Å². The van der Waals surface area contributed by atoms with Crippen LogP contribution in [0, 0.1) is 6.92 Å². The Morgan fingerprint density at radius 2 is 2.00 bits per heavy atom. The maximum Gasteiger partial charge on any atom is 0.160 e. The number of rotatable bonds is 4. The predicted molar refractivity (Wildman–Crippen MR) is 76.2 cm³/mol. The Labute approximate surface area is 113 Å². The van der Waals surface area contributed by atoms with Crippen molar-refractivity contribution in [2.75, 3.05) is 0 Å². The molecule has 0 aromatic carbocycles. The Balaban J connectivity index is 2.69. The highest BCUT2D eigenvalue weighted by molar-refractivity contribution is 6.20. The van der Waals surface area contributed by atoms with E-state index in [0.717, 1.165) is 35.4 Å². The molecule has 2 aromatic heterocycles. The van der Waals surface area contributed by atoms with Gasteiger partial charge in [0.1, 0.15) is 11.3 Å². The second-order valence-corrected chi connectivity index (χ2v) is 5.44. The zero-order chi connectivity index (χ0) is 13.3. The van der Waals surface area contributed by atoms with Gasteiger partial charge in [0.05, 0.1) is 5.38 Å². The van der Waals surface area contributed by atoms with E-state index in [-0.39, 0.29) is 5.38 Å². The van der Waals surface area contributed by atoms with Crippen molar-refractivity contribution in [2.45, 2.75) is 52.0 Å². The van der Waals surface area contributed by atoms with E-state index in [2.05, 4.69) is 34.4 Å². The average molecular weight is 266 g/mol. The van der Waals surface area contributed by atoms with Gasteiger partial charge < -0.3 is 4.57 Å². The highest BCUT2D eigenvalue weighted by atomic mass is 35.5. The molecule has 0 radical (unpaired) electrons. The number of alkyl halides is 1. The molecule has 0 aliphatic carbocycles. The third-order valence-corrected chi connectivity index (χ3v) is 3.55. The molecule has 0 aliphatic heterocycles. The molecule has 0 saturated heterocycles. The standard InChI is InChI=1S/C14H20ClN3/c1-5-11(6-2)18-13(10(4)15)17-12-7-9(3)8-16-14(12)18/h7-8,10-11H,5-6H2,1-4H3. The van der Waals surface area contributed by atoms with E-state index in [4.69, 9.17) is 11.6 Å². The van der Waals surface area contributed by atoms with Crippen LogP contribution in [-0.2, 0) is 0 Å². The normalized spacial score (nSPS) is 13.4. The molecule has 0 bridgehead atoms. The number of imidazole rings is 1. The second kappa shape index (κ2) is 5.27. The third-order valence-electron chi connectivity index (χ3n) is 3.36. The minimum absolute atomic E-state index is 0.0971. The molecular formula is C14H20ClN3. The van der Waals surface area contributed by atoms with E-state index in [1.54, 1.807) is 0 Å². The number of aryl methyl sites for hydroxylation is 1. The minimum Gasteiger partial charge on any atom is -0.308 e. The number of halogens is 1. The van der Waals surface area contributed by atoms with Crippen molar-refractivity contribution in [3.05, 3.63) is 23.7 Å². The summed E-state index contributed by atoms with van der Waals surface area (Å²) < 4.78 is 2.21. The summed E-state index contributed by atoms with van der Waals surface area (Å²) >= 11 is 6.27. The summed E-state index contributed by atoms with van der Waals surface area (Å²) in [5, 5.41) is -0.0971. The van der Waals surface area contributed by atoms with E-state index in [1.165, 1.54) is 0 Å². The molecule has 0 spiro atoms. The van der Waals surface area contributed by atoms with Crippen LogP contribution < -0.4 is 0 Å². The first-order chi connectivity index (χ1) is 8.58. The molecular weight excluding hydrogens is 246 g/mol.